The molecule has 1 aromatic carbocycles. The van der Waals surface area contributed by atoms with Crippen molar-refractivity contribution in [2.45, 2.75) is 6.92 Å². The molecule has 4 aromatic rings. The maximum Gasteiger partial charge on any atom is 0.229 e. The van der Waals surface area contributed by atoms with Crippen molar-refractivity contribution >= 4 is 34.0 Å². The van der Waals surface area contributed by atoms with Gasteiger partial charge in [0.1, 0.15) is 10.8 Å². The number of aromatic nitrogens is 3. The van der Waals surface area contributed by atoms with Crippen molar-refractivity contribution in [3.63, 3.8) is 0 Å². The van der Waals surface area contributed by atoms with Crippen molar-refractivity contribution in [1.82, 2.24) is 14.5 Å². The Balaban J connectivity index is 1.74. The van der Waals surface area contributed by atoms with E-state index in [-0.39, 0.29) is 0 Å². The van der Waals surface area contributed by atoms with Crippen LogP contribution in [0, 0.1) is 6.92 Å². The number of ether oxygens (including phenoxy) is 1. The van der Waals surface area contributed by atoms with Gasteiger partial charge in [-0.2, -0.15) is 4.98 Å². The van der Waals surface area contributed by atoms with Crippen molar-refractivity contribution in [2.75, 3.05) is 12.4 Å². The number of rotatable bonds is 4. The zero-order chi connectivity index (χ0) is 16.5. The topological polar surface area (TPSA) is 52.0 Å². The number of anilines is 2. The lowest BCUT2D eigenvalue weighted by atomic mass is 10.2. The van der Waals surface area contributed by atoms with Gasteiger partial charge in [0, 0.05) is 29.5 Å². The smallest absolute Gasteiger partial charge is 0.229 e. The Labute approximate surface area is 143 Å². The highest BCUT2D eigenvalue weighted by Gasteiger charge is 2.09. The molecule has 0 amide bonds. The van der Waals surface area contributed by atoms with E-state index in [1.165, 1.54) is 0 Å². The lowest BCUT2D eigenvalue weighted by Crippen LogP contribution is -2.00. The van der Waals surface area contributed by atoms with E-state index in [1.807, 2.05) is 49.6 Å². The van der Waals surface area contributed by atoms with Crippen LogP contribution < -0.4 is 10.1 Å². The molecule has 0 spiro atoms. The van der Waals surface area contributed by atoms with Crippen LogP contribution in [0.5, 0.6) is 5.75 Å². The van der Waals surface area contributed by atoms with Gasteiger partial charge in [0.15, 0.2) is 5.65 Å². The monoisotopic (exact) mass is 336 g/mol. The summed E-state index contributed by atoms with van der Waals surface area (Å²) in [6.07, 6.45) is 3.86. The fraction of sp³-hybridized carbons (Fsp3) is 0.111. The standard InChI is InChI=1S/C18H16N4OS/c1-12-5-6-14(23-2)10-15(12)20-18-19-11-13-7-8-22(17(13)21-18)16-4-3-9-24-16/h3-11H,1-2H3,(H,19,20,21). The Morgan fingerprint density at radius 2 is 2.12 bits per heavy atom. The molecule has 0 saturated carbocycles. The second kappa shape index (κ2) is 5.98. The van der Waals surface area contributed by atoms with Crippen LogP contribution in [0.1, 0.15) is 5.56 Å². The minimum atomic E-state index is 0.565. The van der Waals surface area contributed by atoms with Gasteiger partial charge < -0.3 is 10.1 Å². The average Bonchev–Trinajstić information content (AvgIpc) is 3.25. The van der Waals surface area contributed by atoms with E-state index in [4.69, 9.17) is 4.74 Å². The van der Waals surface area contributed by atoms with Gasteiger partial charge >= 0.3 is 0 Å². The van der Waals surface area contributed by atoms with Gasteiger partial charge in [-0.3, -0.25) is 4.57 Å². The Hall–Kier alpha value is -2.86. The Kier molecular flexibility index (Phi) is 3.66. The predicted octanol–water partition coefficient (Wildman–Crippen LogP) is 4.54. The molecule has 6 heteroatoms. The molecule has 4 rings (SSSR count). The lowest BCUT2D eigenvalue weighted by Gasteiger charge is -2.10. The SMILES string of the molecule is COc1ccc(C)c(Nc2ncc3ccn(-c4cccs4)c3n2)c1. The van der Waals surface area contributed by atoms with Crippen LogP contribution in [0.25, 0.3) is 16.0 Å². The number of aryl methyl sites for hydroxylation is 1. The fourth-order valence-electron chi connectivity index (χ4n) is 2.55. The van der Waals surface area contributed by atoms with Crippen LogP contribution in [0.4, 0.5) is 11.6 Å². The summed E-state index contributed by atoms with van der Waals surface area (Å²) in [5.74, 6) is 1.36. The third kappa shape index (κ3) is 2.61. The van der Waals surface area contributed by atoms with Crippen LogP contribution in [0.2, 0.25) is 0 Å². The summed E-state index contributed by atoms with van der Waals surface area (Å²) in [5, 5.41) is 7.49. The van der Waals surface area contributed by atoms with E-state index in [0.29, 0.717) is 5.95 Å². The molecule has 0 aliphatic carbocycles. The molecular formula is C18H16N4OS. The van der Waals surface area contributed by atoms with Crippen molar-refractivity contribution in [3.05, 3.63) is 59.7 Å². The lowest BCUT2D eigenvalue weighted by molar-refractivity contribution is 0.415. The molecule has 0 aliphatic heterocycles. The molecule has 5 nitrogen and oxygen atoms in total. The maximum absolute atomic E-state index is 5.29. The third-order valence-corrected chi connectivity index (χ3v) is 4.73. The number of nitrogens with one attached hydrogen (secondary N) is 1. The largest absolute Gasteiger partial charge is 0.497 e. The number of benzene rings is 1. The first-order chi connectivity index (χ1) is 11.7. The molecule has 3 aromatic heterocycles. The molecule has 0 unspecified atom stereocenters. The number of methoxy groups -OCH3 is 1. The fourth-order valence-corrected chi connectivity index (χ4v) is 3.26. The van der Waals surface area contributed by atoms with E-state index >= 15 is 0 Å². The first-order valence-electron chi connectivity index (χ1n) is 7.54. The molecule has 0 fully saturated rings. The normalized spacial score (nSPS) is 10.9. The van der Waals surface area contributed by atoms with Crippen molar-refractivity contribution in [1.29, 1.82) is 0 Å². The highest BCUT2D eigenvalue weighted by molar-refractivity contribution is 7.12. The summed E-state index contributed by atoms with van der Waals surface area (Å²) in [6.45, 7) is 2.04. The number of fused-ring (bicyclic) bond motifs is 1. The molecule has 120 valence electrons. The quantitative estimate of drug-likeness (QED) is 0.594. The van der Waals surface area contributed by atoms with Crippen LogP contribution in [-0.4, -0.2) is 21.6 Å². The van der Waals surface area contributed by atoms with E-state index < -0.39 is 0 Å². The molecular weight excluding hydrogens is 320 g/mol. The van der Waals surface area contributed by atoms with Gasteiger partial charge in [-0.1, -0.05) is 6.07 Å². The van der Waals surface area contributed by atoms with Crippen LogP contribution in [0.3, 0.4) is 0 Å². The van der Waals surface area contributed by atoms with Gasteiger partial charge in [0.2, 0.25) is 5.95 Å². The van der Waals surface area contributed by atoms with Gasteiger partial charge in [-0.15, -0.1) is 11.3 Å². The second-order valence-electron chi connectivity index (χ2n) is 5.42. The van der Waals surface area contributed by atoms with E-state index in [9.17, 15) is 0 Å². The van der Waals surface area contributed by atoms with Crippen LogP contribution >= 0.6 is 11.3 Å². The van der Waals surface area contributed by atoms with Gasteiger partial charge in [-0.25, -0.2) is 4.98 Å². The Morgan fingerprint density at radius 1 is 1.21 bits per heavy atom. The second-order valence-corrected chi connectivity index (χ2v) is 6.34. The maximum atomic E-state index is 5.29. The minimum Gasteiger partial charge on any atom is -0.497 e. The molecule has 0 bridgehead atoms. The first kappa shape index (κ1) is 14.7. The van der Waals surface area contributed by atoms with Crippen LogP contribution in [-0.2, 0) is 0 Å². The number of hydrogen-bond donors (Lipinski definition) is 1. The van der Waals surface area contributed by atoms with E-state index in [2.05, 4.69) is 31.3 Å². The highest BCUT2D eigenvalue weighted by Crippen LogP contribution is 2.26. The molecule has 0 radical (unpaired) electrons. The first-order valence-corrected chi connectivity index (χ1v) is 8.42. The Morgan fingerprint density at radius 3 is 2.92 bits per heavy atom. The molecule has 24 heavy (non-hydrogen) atoms. The minimum absolute atomic E-state index is 0.565. The Bertz CT molecular complexity index is 992. The van der Waals surface area contributed by atoms with Gasteiger partial charge in [0.25, 0.3) is 0 Å². The molecule has 0 saturated heterocycles. The zero-order valence-corrected chi connectivity index (χ0v) is 14.2. The summed E-state index contributed by atoms with van der Waals surface area (Å²) < 4.78 is 7.36. The zero-order valence-electron chi connectivity index (χ0n) is 13.4. The van der Waals surface area contributed by atoms with Crippen molar-refractivity contribution in [3.8, 4) is 10.8 Å². The summed E-state index contributed by atoms with van der Waals surface area (Å²) in [7, 11) is 1.66. The highest BCUT2D eigenvalue weighted by atomic mass is 32.1. The molecule has 0 aliphatic rings. The number of nitrogens with zero attached hydrogens (tertiary/aromatic N) is 3. The van der Waals surface area contributed by atoms with Gasteiger partial charge in [0.05, 0.1) is 7.11 Å². The van der Waals surface area contributed by atoms with E-state index in [0.717, 1.165) is 33.0 Å². The van der Waals surface area contributed by atoms with Crippen molar-refractivity contribution in [2.24, 2.45) is 0 Å². The number of thiophene rings is 1. The summed E-state index contributed by atoms with van der Waals surface area (Å²) in [6, 6.07) is 12.0. The van der Waals surface area contributed by atoms with Crippen LogP contribution in [0.15, 0.2) is 54.2 Å². The third-order valence-electron chi connectivity index (χ3n) is 3.86. The van der Waals surface area contributed by atoms with E-state index in [1.54, 1.807) is 18.4 Å². The molecule has 0 atom stereocenters. The van der Waals surface area contributed by atoms with Gasteiger partial charge in [-0.05, 0) is 42.1 Å². The molecule has 1 N–H and O–H groups in total. The molecule has 3 heterocycles. The average molecular weight is 336 g/mol. The summed E-state index contributed by atoms with van der Waals surface area (Å²) in [5.41, 5.74) is 2.92. The number of hydrogen-bond acceptors (Lipinski definition) is 5. The van der Waals surface area contributed by atoms with Crippen molar-refractivity contribution < 1.29 is 4.74 Å². The summed E-state index contributed by atoms with van der Waals surface area (Å²) >= 11 is 1.68. The summed E-state index contributed by atoms with van der Waals surface area (Å²) in [4.78, 5) is 9.11. The predicted molar refractivity (Wildman–Crippen MR) is 97.8 cm³/mol.